The number of amides is 1. The Labute approximate surface area is 150 Å². The van der Waals surface area contributed by atoms with Crippen LogP contribution in [0.5, 0.6) is 17.2 Å². The number of carbonyl (C=O) groups excluding carboxylic acids is 1. The van der Waals surface area contributed by atoms with Crippen LogP contribution in [0.1, 0.15) is 0 Å². The topological polar surface area (TPSA) is 132 Å². The Morgan fingerprint density at radius 1 is 1.12 bits per heavy atom. The van der Waals surface area contributed by atoms with Crippen molar-refractivity contribution >= 4 is 21.7 Å². The van der Waals surface area contributed by atoms with E-state index in [0.717, 1.165) is 6.26 Å². The highest BCUT2D eigenvalue weighted by molar-refractivity contribution is 7.88. The summed E-state index contributed by atoms with van der Waals surface area (Å²) in [7, 11) is 1.08. The summed E-state index contributed by atoms with van der Waals surface area (Å²) in [5, 5.41) is 9.26. The molecule has 11 heteroatoms. The van der Waals surface area contributed by atoms with Crippen LogP contribution in [0.25, 0.3) is 11.3 Å². The van der Waals surface area contributed by atoms with Crippen LogP contribution >= 0.6 is 0 Å². The number of sulfonamides is 1. The Balaban J connectivity index is 2.20. The van der Waals surface area contributed by atoms with E-state index >= 15 is 0 Å². The zero-order valence-electron chi connectivity index (χ0n) is 14.7. The Hall–Kier alpha value is -2.79. The zero-order chi connectivity index (χ0) is 19.3. The van der Waals surface area contributed by atoms with Crippen LogP contribution in [-0.2, 0) is 14.8 Å². The predicted molar refractivity (Wildman–Crippen MR) is 95.2 cm³/mol. The molecule has 26 heavy (non-hydrogen) atoms. The van der Waals surface area contributed by atoms with Gasteiger partial charge in [-0.25, -0.2) is 13.1 Å². The Morgan fingerprint density at radius 2 is 1.73 bits per heavy atom. The minimum absolute atomic E-state index is 0.244. The molecule has 142 valence electrons. The molecule has 0 spiro atoms. The van der Waals surface area contributed by atoms with Crippen LogP contribution in [0.4, 0.5) is 5.82 Å². The summed E-state index contributed by atoms with van der Waals surface area (Å²) in [5.74, 6) is 1.10. The lowest BCUT2D eigenvalue weighted by atomic mass is 10.1. The van der Waals surface area contributed by atoms with Crippen molar-refractivity contribution in [1.29, 1.82) is 0 Å². The second-order valence-electron chi connectivity index (χ2n) is 5.22. The third-order valence-corrected chi connectivity index (χ3v) is 3.98. The van der Waals surface area contributed by atoms with Gasteiger partial charge in [-0.2, -0.15) is 5.10 Å². The maximum absolute atomic E-state index is 11.7. The van der Waals surface area contributed by atoms with Crippen LogP contribution in [0.15, 0.2) is 18.2 Å². The second-order valence-corrected chi connectivity index (χ2v) is 7.06. The zero-order valence-corrected chi connectivity index (χ0v) is 15.6. The number of rotatable bonds is 8. The maximum atomic E-state index is 11.7. The van der Waals surface area contributed by atoms with Gasteiger partial charge in [0.25, 0.3) is 0 Å². The monoisotopic (exact) mass is 384 g/mol. The molecular formula is C15H20N4O6S. The Morgan fingerprint density at radius 3 is 2.23 bits per heavy atom. The lowest BCUT2D eigenvalue weighted by Gasteiger charge is -2.13. The van der Waals surface area contributed by atoms with Crippen LogP contribution in [0.3, 0.4) is 0 Å². The summed E-state index contributed by atoms with van der Waals surface area (Å²) in [5.41, 5.74) is 1.29. The summed E-state index contributed by atoms with van der Waals surface area (Å²) in [4.78, 5) is 11.7. The molecule has 0 radical (unpaired) electrons. The van der Waals surface area contributed by atoms with Crippen molar-refractivity contribution in [2.75, 3.05) is 39.4 Å². The number of H-pyrrole nitrogens is 1. The first kappa shape index (κ1) is 19.5. The highest BCUT2D eigenvalue weighted by Gasteiger charge is 2.16. The van der Waals surface area contributed by atoms with Crippen LogP contribution < -0.4 is 24.2 Å². The molecule has 0 saturated heterocycles. The minimum atomic E-state index is -3.45. The van der Waals surface area contributed by atoms with Crippen LogP contribution in [0, 0.1) is 0 Å². The highest BCUT2D eigenvalue weighted by atomic mass is 32.2. The Bertz CT molecular complexity index is 868. The fraction of sp³-hybridized carbons (Fsp3) is 0.333. The van der Waals surface area contributed by atoms with Gasteiger partial charge in [0, 0.05) is 11.6 Å². The van der Waals surface area contributed by atoms with E-state index in [1.807, 2.05) is 0 Å². The lowest BCUT2D eigenvalue weighted by Crippen LogP contribution is -2.32. The van der Waals surface area contributed by atoms with Gasteiger partial charge in [-0.3, -0.25) is 9.89 Å². The fourth-order valence-electron chi connectivity index (χ4n) is 2.15. The summed E-state index contributed by atoms with van der Waals surface area (Å²) in [6.07, 6.45) is 0.970. The molecule has 0 aliphatic carbocycles. The molecule has 0 aliphatic rings. The molecule has 1 amide bonds. The number of anilines is 1. The number of nitrogens with zero attached hydrogens (tertiary/aromatic N) is 1. The molecule has 3 N–H and O–H groups in total. The normalized spacial score (nSPS) is 11.1. The molecule has 0 unspecified atom stereocenters. The van der Waals surface area contributed by atoms with E-state index in [1.54, 1.807) is 18.2 Å². The largest absolute Gasteiger partial charge is 0.493 e. The van der Waals surface area contributed by atoms with Crippen LogP contribution in [-0.4, -0.2) is 58.7 Å². The summed E-state index contributed by atoms with van der Waals surface area (Å²) < 4.78 is 40.0. The SMILES string of the molecule is COc1cc(-c2cc(NC(=O)CNS(C)(=O)=O)n[nH]2)cc(OC)c1OC. The lowest BCUT2D eigenvalue weighted by molar-refractivity contribution is -0.115. The molecule has 0 saturated carbocycles. The molecular weight excluding hydrogens is 364 g/mol. The maximum Gasteiger partial charge on any atom is 0.240 e. The Kier molecular flexibility index (Phi) is 6.05. The number of hydrogen-bond donors (Lipinski definition) is 3. The summed E-state index contributed by atoms with van der Waals surface area (Å²) >= 11 is 0. The van der Waals surface area contributed by atoms with E-state index in [2.05, 4.69) is 20.2 Å². The van der Waals surface area contributed by atoms with Crippen molar-refractivity contribution in [3.05, 3.63) is 18.2 Å². The number of methoxy groups -OCH3 is 3. The smallest absolute Gasteiger partial charge is 0.240 e. The second kappa shape index (κ2) is 8.06. The molecule has 1 aromatic carbocycles. The molecule has 0 bridgehead atoms. The molecule has 0 fully saturated rings. The van der Waals surface area contributed by atoms with Gasteiger partial charge in [0.05, 0.1) is 39.8 Å². The molecule has 2 aromatic rings. The quantitative estimate of drug-likeness (QED) is 0.607. The van der Waals surface area contributed by atoms with Crippen molar-refractivity contribution in [3.63, 3.8) is 0 Å². The van der Waals surface area contributed by atoms with Gasteiger partial charge in [0.1, 0.15) is 0 Å². The number of carbonyl (C=O) groups is 1. The van der Waals surface area contributed by atoms with Gasteiger partial charge in [0.15, 0.2) is 17.3 Å². The van der Waals surface area contributed by atoms with Gasteiger partial charge in [0.2, 0.25) is 21.7 Å². The number of aromatic amines is 1. The third-order valence-electron chi connectivity index (χ3n) is 3.32. The van der Waals surface area contributed by atoms with Gasteiger partial charge < -0.3 is 19.5 Å². The van der Waals surface area contributed by atoms with Crippen molar-refractivity contribution in [2.45, 2.75) is 0 Å². The first-order valence-electron chi connectivity index (χ1n) is 7.37. The average Bonchev–Trinajstić information content (AvgIpc) is 3.06. The average molecular weight is 384 g/mol. The van der Waals surface area contributed by atoms with E-state index in [1.165, 1.54) is 21.3 Å². The van der Waals surface area contributed by atoms with E-state index in [-0.39, 0.29) is 12.4 Å². The molecule has 1 aromatic heterocycles. The molecule has 0 aliphatic heterocycles. The first-order chi connectivity index (χ1) is 12.3. The van der Waals surface area contributed by atoms with Gasteiger partial charge >= 0.3 is 0 Å². The van der Waals surface area contributed by atoms with E-state index in [9.17, 15) is 13.2 Å². The first-order valence-corrected chi connectivity index (χ1v) is 9.26. The number of ether oxygens (including phenoxy) is 3. The van der Waals surface area contributed by atoms with Crippen molar-refractivity contribution in [1.82, 2.24) is 14.9 Å². The summed E-state index contributed by atoms with van der Waals surface area (Å²) in [6, 6.07) is 5.05. The van der Waals surface area contributed by atoms with Gasteiger partial charge in [-0.15, -0.1) is 0 Å². The van der Waals surface area contributed by atoms with Crippen molar-refractivity contribution < 1.29 is 27.4 Å². The number of hydrogen-bond acceptors (Lipinski definition) is 7. The van der Waals surface area contributed by atoms with Gasteiger partial charge in [-0.05, 0) is 12.1 Å². The standard InChI is InChI=1S/C15H20N4O6S/c1-23-11-5-9(6-12(24-2)15(11)25-3)10-7-13(19-18-10)17-14(20)8-16-26(4,21)22/h5-7,16H,8H2,1-4H3,(H2,17,18,19,20). The van der Waals surface area contributed by atoms with E-state index in [4.69, 9.17) is 14.2 Å². The van der Waals surface area contributed by atoms with Crippen LogP contribution in [0.2, 0.25) is 0 Å². The number of aromatic nitrogens is 2. The number of nitrogens with one attached hydrogen (secondary N) is 3. The van der Waals surface area contributed by atoms with Crippen molar-refractivity contribution in [3.8, 4) is 28.5 Å². The third kappa shape index (κ3) is 4.86. The van der Waals surface area contributed by atoms with E-state index in [0.29, 0.717) is 28.5 Å². The fourth-order valence-corrected chi connectivity index (χ4v) is 2.55. The van der Waals surface area contributed by atoms with Gasteiger partial charge in [-0.1, -0.05) is 0 Å². The highest BCUT2D eigenvalue weighted by Crippen LogP contribution is 2.40. The minimum Gasteiger partial charge on any atom is -0.493 e. The summed E-state index contributed by atoms with van der Waals surface area (Å²) in [6.45, 7) is -0.384. The van der Waals surface area contributed by atoms with E-state index < -0.39 is 15.9 Å². The molecule has 2 rings (SSSR count). The number of benzene rings is 1. The molecule has 10 nitrogen and oxygen atoms in total. The van der Waals surface area contributed by atoms with Crippen molar-refractivity contribution in [2.24, 2.45) is 0 Å². The predicted octanol–water partition coefficient (Wildman–Crippen LogP) is 0.590. The molecule has 1 heterocycles. The molecule has 0 atom stereocenters.